The Morgan fingerprint density at radius 2 is 2.15 bits per heavy atom. The first-order chi connectivity index (χ1) is 6.27. The van der Waals surface area contributed by atoms with Crippen molar-refractivity contribution < 1.29 is 14.3 Å². The summed E-state index contributed by atoms with van der Waals surface area (Å²) in [5.41, 5.74) is -0.240. The Bertz CT molecular complexity index is 203. The van der Waals surface area contributed by atoms with Crippen LogP contribution in [0.1, 0.15) is 13.3 Å². The van der Waals surface area contributed by atoms with Gasteiger partial charge in [-0.05, 0) is 6.42 Å². The number of rotatable bonds is 3. The van der Waals surface area contributed by atoms with Crippen LogP contribution in [-0.4, -0.2) is 38.4 Å². The van der Waals surface area contributed by atoms with Crippen LogP contribution in [0.3, 0.4) is 0 Å². The van der Waals surface area contributed by atoms with Crippen LogP contribution in [-0.2, 0) is 14.3 Å². The van der Waals surface area contributed by atoms with Gasteiger partial charge in [0, 0.05) is 0 Å². The maximum Gasteiger partial charge on any atom is 0.231 e. The average molecular weight is 185 g/mol. The van der Waals surface area contributed by atoms with Crippen LogP contribution in [0, 0.1) is 5.41 Å². The zero-order valence-corrected chi connectivity index (χ0v) is 7.84. The van der Waals surface area contributed by atoms with E-state index in [4.69, 9.17) is 9.47 Å². The summed E-state index contributed by atoms with van der Waals surface area (Å²) in [7, 11) is 0. The molecule has 0 aliphatic carbocycles. The highest BCUT2D eigenvalue weighted by Gasteiger charge is 2.45. The molecule has 0 aromatic carbocycles. The molecule has 0 aromatic rings. The fraction of sp³-hybridized carbons (Fsp3) is 0.889. The highest BCUT2D eigenvalue weighted by molar-refractivity contribution is 5.84. The second kappa shape index (κ2) is 3.27. The molecule has 2 saturated heterocycles. The van der Waals surface area contributed by atoms with Crippen molar-refractivity contribution >= 4 is 5.91 Å². The molecule has 0 bridgehead atoms. The molecule has 0 unspecified atom stereocenters. The van der Waals surface area contributed by atoms with Crippen molar-refractivity contribution in [3.8, 4) is 0 Å². The van der Waals surface area contributed by atoms with Crippen molar-refractivity contribution in [1.29, 1.82) is 0 Å². The number of ether oxygens (including phenoxy) is 2. The molecular weight excluding hydrogens is 170 g/mol. The van der Waals surface area contributed by atoms with Crippen molar-refractivity contribution in [2.75, 3.05) is 26.4 Å². The molecule has 0 aromatic heterocycles. The zero-order chi connectivity index (χ0) is 9.31. The van der Waals surface area contributed by atoms with Gasteiger partial charge in [0.2, 0.25) is 5.91 Å². The van der Waals surface area contributed by atoms with Gasteiger partial charge in [0.05, 0.1) is 37.9 Å². The van der Waals surface area contributed by atoms with E-state index in [9.17, 15) is 4.79 Å². The van der Waals surface area contributed by atoms with Crippen LogP contribution in [0.2, 0.25) is 0 Å². The molecule has 2 aliphatic rings. The summed E-state index contributed by atoms with van der Waals surface area (Å²) in [6, 6.07) is 0.233. The van der Waals surface area contributed by atoms with E-state index in [0.29, 0.717) is 26.4 Å². The molecule has 13 heavy (non-hydrogen) atoms. The largest absolute Gasteiger partial charge is 0.379 e. The fourth-order valence-corrected chi connectivity index (χ4v) is 1.50. The number of amides is 1. The lowest BCUT2D eigenvalue weighted by atomic mass is 9.82. The van der Waals surface area contributed by atoms with Gasteiger partial charge in [-0.1, -0.05) is 6.92 Å². The summed E-state index contributed by atoms with van der Waals surface area (Å²) in [6.45, 7) is 4.49. The van der Waals surface area contributed by atoms with Gasteiger partial charge in [0.15, 0.2) is 0 Å². The smallest absolute Gasteiger partial charge is 0.231 e. The monoisotopic (exact) mass is 185 g/mol. The molecule has 2 fully saturated rings. The van der Waals surface area contributed by atoms with Crippen LogP contribution >= 0.6 is 0 Å². The van der Waals surface area contributed by atoms with E-state index < -0.39 is 0 Å². The minimum absolute atomic E-state index is 0.134. The molecule has 2 rings (SSSR count). The van der Waals surface area contributed by atoms with E-state index in [0.717, 1.165) is 6.42 Å². The Hall–Kier alpha value is -0.610. The second-order valence-corrected chi connectivity index (χ2v) is 3.83. The quantitative estimate of drug-likeness (QED) is 0.669. The Morgan fingerprint density at radius 3 is 2.46 bits per heavy atom. The third kappa shape index (κ3) is 1.44. The van der Waals surface area contributed by atoms with Crippen molar-refractivity contribution in [3.05, 3.63) is 0 Å². The van der Waals surface area contributed by atoms with Crippen LogP contribution in [0.5, 0.6) is 0 Å². The topological polar surface area (TPSA) is 47.6 Å². The first kappa shape index (κ1) is 8.97. The summed E-state index contributed by atoms with van der Waals surface area (Å²) >= 11 is 0. The Balaban J connectivity index is 1.87. The van der Waals surface area contributed by atoms with Gasteiger partial charge < -0.3 is 14.8 Å². The van der Waals surface area contributed by atoms with Crippen LogP contribution < -0.4 is 5.32 Å². The van der Waals surface area contributed by atoms with E-state index in [1.165, 1.54) is 0 Å². The Labute approximate surface area is 77.6 Å². The highest BCUT2D eigenvalue weighted by atomic mass is 16.5. The summed E-state index contributed by atoms with van der Waals surface area (Å²) in [5.74, 6) is 0.134. The summed E-state index contributed by atoms with van der Waals surface area (Å²) in [6.07, 6.45) is 0.854. The third-order valence-corrected chi connectivity index (χ3v) is 2.89. The zero-order valence-electron chi connectivity index (χ0n) is 7.84. The maximum absolute atomic E-state index is 11.7. The predicted octanol–water partition coefficient (Wildman–Crippen LogP) is -0.0720. The van der Waals surface area contributed by atoms with Gasteiger partial charge in [-0.2, -0.15) is 0 Å². The summed E-state index contributed by atoms with van der Waals surface area (Å²) in [4.78, 5) is 11.7. The molecule has 1 N–H and O–H groups in total. The van der Waals surface area contributed by atoms with E-state index in [1.807, 2.05) is 6.92 Å². The molecule has 4 nitrogen and oxygen atoms in total. The predicted molar refractivity (Wildman–Crippen MR) is 46.3 cm³/mol. The van der Waals surface area contributed by atoms with Gasteiger partial charge in [0.1, 0.15) is 0 Å². The van der Waals surface area contributed by atoms with Gasteiger partial charge in [-0.15, -0.1) is 0 Å². The van der Waals surface area contributed by atoms with Crippen LogP contribution in [0.25, 0.3) is 0 Å². The number of carbonyl (C=O) groups excluding carboxylic acids is 1. The van der Waals surface area contributed by atoms with Gasteiger partial charge in [0.25, 0.3) is 0 Å². The molecule has 1 amide bonds. The second-order valence-electron chi connectivity index (χ2n) is 3.83. The minimum Gasteiger partial charge on any atom is -0.379 e. The molecule has 2 aliphatic heterocycles. The number of hydrogen-bond donors (Lipinski definition) is 1. The molecule has 0 saturated carbocycles. The van der Waals surface area contributed by atoms with Crippen LogP contribution in [0.4, 0.5) is 0 Å². The lowest BCUT2D eigenvalue weighted by Gasteiger charge is -2.41. The standard InChI is InChI=1S/C9H15NO3/c1-2-9(5-13-6-9)8(11)10-7-3-12-4-7/h7H,2-6H2,1H3,(H,10,11). The Morgan fingerprint density at radius 1 is 1.46 bits per heavy atom. The number of carbonyl (C=O) groups is 1. The van der Waals surface area contributed by atoms with E-state index >= 15 is 0 Å². The minimum atomic E-state index is -0.240. The van der Waals surface area contributed by atoms with Crippen molar-refractivity contribution in [3.63, 3.8) is 0 Å². The molecule has 74 valence electrons. The van der Waals surface area contributed by atoms with Crippen molar-refractivity contribution in [1.82, 2.24) is 5.32 Å². The van der Waals surface area contributed by atoms with Crippen molar-refractivity contribution in [2.24, 2.45) is 5.41 Å². The molecule has 4 heteroatoms. The third-order valence-electron chi connectivity index (χ3n) is 2.89. The Kier molecular flexibility index (Phi) is 2.26. The van der Waals surface area contributed by atoms with E-state index in [-0.39, 0.29) is 17.4 Å². The SMILES string of the molecule is CCC1(C(=O)NC2COC2)COC1. The molecule has 0 atom stereocenters. The highest BCUT2D eigenvalue weighted by Crippen LogP contribution is 2.31. The van der Waals surface area contributed by atoms with Gasteiger partial charge in [-0.3, -0.25) is 4.79 Å². The van der Waals surface area contributed by atoms with Gasteiger partial charge >= 0.3 is 0 Å². The summed E-state index contributed by atoms with van der Waals surface area (Å²) in [5, 5.41) is 2.97. The number of hydrogen-bond acceptors (Lipinski definition) is 3. The van der Waals surface area contributed by atoms with Crippen molar-refractivity contribution in [2.45, 2.75) is 19.4 Å². The first-order valence-electron chi connectivity index (χ1n) is 4.73. The number of nitrogens with one attached hydrogen (secondary N) is 1. The van der Waals surface area contributed by atoms with E-state index in [2.05, 4.69) is 5.32 Å². The van der Waals surface area contributed by atoms with Gasteiger partial charge in [-0.25, -0.2) is 0 Å². The summed E-state index contributed by atoms with van der Waals surface area (Å²) < 4.78 is 10.1. The molecule has 0 spiro atoms. The first-order valence-corrected chi connectivity index (χ1v) is 4.73. The lowest BCUT2D eigenvalue weighted by Crippen LogP contribution is -2.59. The maximum atomic E-state index is 11.7. The van der Waals surface area contributed by atoms with E-state index in [1.54, 1.807) is 0 Å². The molecule has 2 heterocycles. The molecule has 0 radical (unpaired) electrons. The lowest BCUT2D eigenvalue weighted by molar-refractivity contribution is -0.165. The average Bonchev–Trinajstić information content (AvgIpc) is 1.96. The fourth-order valence-electron chi connectivity index (χ4n) is 1.50. The normalized spacial score (nSPS) is 25.9. The molecular formula is C9H15NO3. The van der Waals surface area contributed by atoms with Crippen LogP contribution in [0.15, 0.2) is 0 Å².